The Morgan fingerprint density at radius 2 is 1.84 bits per heavy atom. The molecule has 0 fully saturated rings. The lowest BCUT2D eigenvalue weighted by atomic mass is 10.2. The Labute approximate surface area is 164 Å². The topological polar surface area (TPSA) is 70.2 Å². The van der Waals surface area contributed by atoms with Crippen molar-refractivity contribution in [3.63, 3.8) is 0 Å². The van der Waals surface area contributed by atoms with Crippen molar-refractivity contribution < 1.29 is 9.59 Å². The van der Waals surface area contributed by atoms with Crippen LogP contribution >= 0.6 is 39.1 Å². The van der Waals surface area contributed by atoms with Crippen molar-refractivity contribution in [3.05, 3.63) is 62.0 Å². The molecule has 0 bridgehead atoms. The molecule has 5 nitrogen and oxygen atoms in total. The van der Waals surface area contributed by atoms with E-state index in [1.807, 2.05) is 19.1 Å². The van der Waals surface area contributed by atoms with Gasteiger partial charge < -0.3 is 16.0 Å². The van der Waals surface area contributed by atoms with Gasteiger partial charge in [0, 0.05) is 26.8 Å². The van der Waals surface area contributed by atoms with E-state index in [9.17, 15) is 9.59 Å². The summed E-state index contributed by atoms with van der Waals surface area (Å²) in [6.45, 7) is 1.97. The smallest absolute Gasteiger partial charge is 0.315 e. The number of carbonyl (C=O) groups is 2. The Balaban J connectivity index is 1.78. The van der Waals surface area contributed by atoms with Crippen LogP contribution in [-0.2, 0) is 11.3 Å². The van der Waals surface area contributed by atoms with Gasteiger partial charge in [0.1, 0.15) is 0 Å². The van der Waals surface area contributed by atoms with Gasteiger partial charge in [-0.15, -0.1) is 0 Å². The average molecular weight is 445 g/mol. The molecule has 3 N–H and O–H groups in total. The van der Waals surface area contributed by atoms with Crippen LogP contribution in [0.15, 0.2) is 40.9 Å². The standard InChI is InChI=1S/C17H16BrCl2N3O2/c1-10-6-12(18)3-5-15(10)23-16(24)9-22-17(25)21-8-11-2-4-13(19)7-14(11)20/h2-7H,8-9H2,1H3,(H,23,24)(H2,21,22,25). The molecule has 132 valence electrons. The molecule has 0 atom stereocenters. The number of halogens is 3. The van der Waals surface area contributed by atoms with Gasteiger partial charge in [-0.25, -0.2) is 4.79 Å². The molecule has 0 spiro atoms. The third kappa shape index (κ3) is 6.23. The van der Waals surface area contributed by atoms with Gasteiger partial charge in [0.25, 0.3) is 0 Å². The molecule has 0 aliphatic heterocycles. The summed E-state index contributed by atoms with van der Waals surface area (Å²) in [6, 6.07) is 10.1. The van der Waals surface area contributed by atoms with Crippen LogP contribution in [0.25, 0.3) is 0 Å². The van der Waals surface area contributed by atoms with Crippen LogP contribution < -0.4 is 16.0 Å². The minimum absolute atomic E-state index is 0.143. The van der Waals surface area contributed by atoms with E-state index in [-0.39, 0.29) is 19.0 Å². The molecular weight excluding hydrogens is 429 g/mol. The monoisotopic (exact) mass is 443 g/mol. The van der Waals surface area contributed by atoms with E-state index in [0.29, 0.717) is 15.7 Å². The zero-order chi connectivity index (χ0) is 18.4. The first-order chi connectivity index (χ1) is 11.8. The second-order valence-corrected chi connectivity index (χ2v) is 7.04. The molecule has 0 saturated carbocycles. The number of aryl methyl sites for hydroxylation is 1. The number of anilines is 1. The third-order valence-corrected chi connectivity index (χ3v) is 4.41. The third-order valence-electron chi connectivity index (χ3n) is 3.33. The Bertz CT molecular complexity index is 799. The Kier molecular flexibility index (Phi) is 7.11. The van der Waals surface area contributed by atoms with Crippen molar-refractivity contribution in [2.24, 2.45) is 0 Å². The molecule has 2 aromatic rings. The van der Waals surface area contributed by atoms with Gasteiger partial charge in [0.15, 0.2) is 0 Å². The predicted molar refractivity (Wildman–Crippen MR) is 104 cm³/mol. The van der Waals surface area contributed by atoms with Crippen molar-refractivity contribution in [3.8, 4) is 0 Å². The summed E-state index contributed by atoms with van der Waals surface area (Å²) in [7, 11) is 0. The first-order valence-electron chi connectivity index (χ1n) is 7.37. The van der Waals surface area contributed by atoms with Crippen molar-refractivity contribution in [2.75, 3.05) is 11.9 Å². The lowest BCUT2D eigenvalue weighted by Gasteiger charge is -2.11. The largest absolute Gasteiger partial charge is 0.334 e. The second-order valence-electron chi connectivity index (χ2n) is 5.28. The molecule has 0 heterocycles. The maximum atomic E-state index is 11.9. The quantitative estimate of drug-likeness (QED) is 0.635. The maximum absolute atomic E-state index is 11.9. The van der Waals surface area contributed by atoms with E-state index in [1.165, 1.54) is 0 Å². The highest BCUT2D eigenvalue weighted by Crippen LogP contribution is 2.21. The summed E-state index contributed by atoms with van der Waals surface area (Å²) in [6.07, 6.45) is 0. The Morgan fingerprint density at radius 3 is 2.52 bits per heavy atom. The predicted octanol–water partition coefficient (Wildman–Crippen LogP) is 4.50. The Hall–Kier alpha value is -1.76. The van der Waals surface area contributed by atoms with Crippen LogP contribution in [0.1, 0.15) is 11.1 Å². The molecule has 0 aliphatic carbocycles. The van der Waals surface area contributed by atoms with Crippen LogP contribution in [0.3, 0.4) is 0 Å². The van der Waals surface area contributed by atoms with Gasteiger partial charge in [-0.05, 0) is 48.4 Å². The molecule has 0 saturated heterocycles. The van der Waals surface area contributed by atoms with E-state index >= 15 is 0 Å². The molecule has 0 radical (unpaired) electrons. The molecule has 0 aliphatic rings. The highest BCUT2D eigenvalue weighted by Gasteiger charge is 2.08. The summed E-state index contributed by atoms with van der Waals surface area (Å²) >= 11 is 15.2. The van der Waals surface area contributed by atoms with Crippen molar-refractivity contribution in [1.82, 2.24) is 10.6 Å². The van der Waals surface area contributed by atoms with Gasteiger partial charge in [-0.2, -0.15) is 0 Å². The number of urea groups is 1. The van der Waals surface area contributed by atoms with E-state index in [4.69, 9.17) is 23.2 Å². The van der Waals surface area contributed by atoms with Gasteiger partial charge in [-0.1, -0.05) is 45.2 Å². The van der Waals surface area contributed by atoms with Gasteiger partial charge in [0.2, 0.25) is 5.91 Å². The zero-order valence-corrected chi connectivity index (χ0v) is 16.4. The number of rotatable bonds is 5. The van der Waals surface area contributed by atoms with Crippen LogP contribution in [0.4, 0.5) is 10.5 Å². The normalized spacial score (nSPS) is 10.2. The maximum Gasteiger partial charge on any atom is 0.315 e. The fourth-order valence-electron chi connectivity index (χ4n) is 2.03. The van der Waals surface area contributed by atoms with Gasteiger partial charge in [0.05, 0.1) is 6.54 Å². The summed E-state index contributed by atoms with van der Waals surface area (Å²) in [5.74, 6) is -0.315. The molecular formula is C17H16BrCl2N3O2. The number of hydrogen-bond acceptors (Lipinski definition) is 2. The number of carbonyl (C=O) groups excluding carboxylic acids is 2. The molecule has 25 heavy (non-hydrogen) atoms. The highest BCUT2D eigenvalue weighted by molar-refractivity contribution is 9.10. The fourth-order valence-corrected chi connectivity index (χ4v) is 2.98. The van der Waals surface area contributed by atoms with E-state index in [1.54, 1.807) is 24.3 Å². The number of amides is 3. The molecule has 2 rings (SSSR count). The summed E-state index contributed by atoms with van der Waals surface area (Å²) in [5.41, 5.74) is 2.35. The van der Waals surface area contributed by atoms with Gasteiger partial charge >= 0.3 is 6.03 Å². The SMILES string of the molecule is Cc1cc(Br)ccc1NC(=O)CNC(=O)NCc1ccc(Cl)cc1Cl. The molecule has 8 heteroatoms. The molecule has 0 unspecified atom stereocenters. The number of nitrogens with one attached hydrogen (secondary N) is 3. The first-order valence-corrected chi connectivity index (χ1v) is 8.91. The summed E-state index contributed by atoms with van der Waals surface area (Å²) in [5, 5.41) is 8.87. The van der Waals surface area contributed by atoms with E-state index in [0.717, 1.165) is 15.6 Å². The van der Waals surface area contributed by atoms with Crippen molar-refractivity contribution >= 4 is 56.8 Å². The minimum Gasteiger partial charge on any atom is -0.334 e. The molecule has 2 aromatic carbocycles. The summed E-state index contributed by atoms with van der Waals surface area (Å²) < 4.78 is 0.932. The lowest BCUT2D eigenvalue weighted by molar-refractivity contribution is -0.115. The van der Waals surface area contributed by atoms with Crippen molar-refractivity contribution in [2.45, 2.75) is 13.5 Å². The van der Waals surface area contributed by atoms with Crippen LogP contribution in [0.2, 0.25) is 10.0 Å². The van der Waals surface area contributed by atoms with Crippen LogP contribution in [0.5, 0.6) is 0 Å². The second kappa shape index (κ2) is 9.08. The zero-order valence-electron chi connectivity index (χ0n) is 13.3. The number of benzene rings is 2. The van der Waals surface area contributed by atoms with E-state index in [2.05, 4.69) is 31.9 Å². The van der Waals surface area contributed by atoms with Crippen LogP contribution in [-0.4, -0.2) is 18.5 Å². The average Bonchev–Trinajstić information content (AvgIpc) is 2.55. The number of hydrogen-bond donors (Lipinski definition) is 3. The molecule has 0 aromatic heterocycles. The Morgan fingerprint density at radius 1 is 1.08 bits per heavy atom. The van der Waals surface area contributed by atoms with Gasteiger partial charge in [-0.3, -0.25) is 4.79 Å². The van der Waals surface area contributed by atoms with Crippen LogP contribution in [0, 0.1) is 6.92 Å². The van der Waals surface area contributed by atoms with Crippen molar-refractivity contribution in [1.29, 1.82) is 0 Å². The highest BCUT2D eigenvalue weighted by atomic mass is 79.9. The summed E-state index contributed by atoms with van der Waals surface area (Å²) in [4.78, 5) is 23.7. The first kappa shape index (κ1) is 19.6. The molecule has 3 amide bonds. The lowest BCUT2D eigenvalue weighted by Crippen LogP contribution is -2.39. The van der Waals surface area contributed by atoms with E-state index < -0.39 is 6.03 Å². The minimum atomic E-state index is -0.464. The fraction of sp³-hybridized carbons (Fsp3) is 0.176.